The van der Waals surface area contributed by atoms with Gasteiger partial charge in [-0.3, -0.25) is 0 Å². The van der Waals surface area contributed by atoms with E-state index in [4.69, 9.17) is 9.47 Å². The van der Waals surface area contributed by atoms with Crippen LogP contribution in [0.2, 0.25) is 0 Å². The van der Waals surface area contributed by atoms with Gasteiger partial charge in [-0.25, -0.2) is 9.59 Å². The summed E-state index contributed by atoms with van der Waals surface area (Å²) in [5.41, 5.74) is 1.01. The van der Waals surface area contributed by atoms with E-state index in [9.17, 15) is 9.59 Å². The normalized spacial score (nSPS) is 12.8. The zero-order valence-electron chi connectivity index (χ0n) is 32.6. The summed E-state index contributed by atoms with van der Waals surface area (Å²) in [4.78, 5) is 26.1. The molecule has 278 valence electrons. The van der Waals surface area contributed by atoms with Gasteiger partial charge in [0.1, 0.15) is 12.2 Å². The van der Waals surface area contributed by atoms with Crippen LogP contribution in [0.15, 0.2) is 24.3 Å². The Labute approximate surface area is 298 Å². The highest BCUT2D eigenvalue weighted by Crippen LogP contribution is 2.21. The number of hydrogen-bond acceptors (Lipinski definition) is 4. The fourth-order valence-corrected chi connectivity index (χ4v) is 6.54. The first-order chi connectivity index (χ1) is 23.3. The zero-order chi connectivity index (χ0) is 35.2. The minimum atomic E-state index is -0.284. The molecule has 0 saturated carbocycles. The molecule has 2 unspecified atom stereocenters. The highest BCUT2D eigenvalue weighted by molar-refractivity contribution is 5.93. The Hall–Kier alpha value is -1.84. The molecule has 4 nitrogen and oxygen atoms in total. The van der Waals surface area contributed by atoms with Crippen molar-refractivity contribution >= 4 is 11.9 Å². The van der Waals surface area contributed by atoms with Crippen molar-refractivity contribution in [2.24, 2.45) is 11.8 Å². The molecule has 0 heterocycles. The van der Waals surface area contributed by atoms with Crippen molar-refractivity contribution in [3.05, 3.63) is 35.4 Å². The first-order valence-electron chi connectivity index (χ1n) is 20.8. The van der Waals surface area contributed by atoms with Gasteiger partial charge < -0.3 is 9.47 Å². The van der Waals surface area contributed by atoms with Crippen LogP contribution in [0, 0.1) is 11.8 Å². The van der Waals surface area contributed by atoms with Gasteiger partial charge in [-0.05, 0) is 74.6 Å². The number of esters is 2. The van der Waals surface area contributed by atoms with Crippen molar-refractivity contribution in [2.75, 3.05) is 0 Å². The molecule has 48 heavy (non-hydrogen) atoms. The van der Waals surface area contributed by atoms with Crippen molar-refractivity contribution in [3.63, 3.8) is 0 Å². The van der Waals surface area contributed by atoms with Crippen LogP contribution in [0.5, 0.6) is 0 Å². The number of benzene rings is 1. The number of hydrogen-bond donors (Lipinski definition) is 0. The van der Waals surface area contributed by atoms with E-state index < -0.39 is 0 Å². The van der Waals surface area contributed by atoms with Gasteiger partial charge in [-0.2, -0.15) is 0 Å². The molecule has 0 N–H and O–H groups in total. The lowest BCUT2D eigenvalue weighted by Crippen LogP contribution is -2.20. The molecule has 1 rings (SSSR count). The first kappa shape index (κ1) is 44.2. The molecule has 0 aliphatic rings. The third-order valence-electron chi connectivity index (χ3n) is 9.78. The fourth-order valence-electron chi connectivity index (χ4n) is 6.54. The molecule has 1 aromatic carbocycles. The first-order valence-corrected chi connectivity index (χ1v) is 20.8. The average Bonchev–Trinajstić information content (AvgIpc) is 3.07. The van der Waals surface area contributed by atoms with E-state index in [0.717, 1.165) is 76.0 Å². The second-order valence-corrected chi connectivity index (χ2v) is 15.5. The largest absolute Gasteiger partial charge is 0.459 e. The van der Waals surface area contributed by atoms with Crippen molar-refractivity contribution < 1.29 is 19.1 Å². The topological polar surface area (TPSA) is 52.6 Å². The Morgan fingerprint density at radius 2 is 0.667 bits per heavy atom. The predicted molar refractivity (Wildman–Crippen MR) is 206 cm³/mol. The summed E-state index contributed by atoms with van der Waals surface area (Å²) in [6, 6.07) is 6.89. The van der Waals surface area contributed by atoms with Crippen LogP contribution in [-0.2, 0) is 9.47 Å². The lowest BCUT2D eigenvalue weighted by Gasteiger charge is -2.19. The molecule has 0 radical (unpaired) electrons. The molecular formula is C44H78O4. The summed E-state index contributed by atoms with van der Waals surface area (Å²) in [5, 5.41) is 0. The molecule has 0 fully saturated rings. The van der Waals surface area contributed by atoms with Crippen LogP contribution in [0.1, 0.15) is 229 Å². The van der Waals surface area contributed by atoms with Crippen molar-refractivity contribution in [1.82, 2.24) is 0 Å². The third-order valence-corrected chi connectivity index (χ3v) is 9.78. The fraction of sp³-hybridized carbons (Fsp3) is 0.818. The maximum absolute atomic E-state index is 13.0. The predicted octanol–water partition coefficient (Wildman–Crippen LogP) is 14.2. The number of carbonyl (C=O) groups excluding carboxylic acids is 2. The Bertz CT molecular complexity index is 817. The number of rotatable bonds is 32. The number of carbonyl (C=O) groups is 2. The molecule has 1 aromatic rings. The van der Waals surface area contributed by atoms with E-state index in [-0.39, 0.29) is 24.1 Å². The molecule has 0 amide bonds. The van der Waals surface area contributed by atoms with E-state index in [1.54, 1.807) is 24.3 Å². The summed E-state index contributed by atoms with van der Waals surface area (Å²) in [5.74, 6) is 1.08. The maximum atomic E-state index is 13.0. The van der Waals surface area contributed by atoms with E-state index in [1.165, 1.54) is 103 Å². The van der Waals surface area contributed by atoms with Crippen LogP contribution in [0.4, 0.5) is 0 Å². The molecule has 0 aromatic heterocycles. The molecule has 0 saturated heterocycles. The summed E-state index contributed by atoms with van der Waals surface area (Å²) in [6.07, 6.45) is 31.3. The Balaban J connectivity index is 2.43. The minimum absolute atomic E-state index is 0.0350. The second-order valence-electron chi connectivity index (χ2n) is 15.5. The van der Waals surface area contributed by atoms with Gasteiger partial charge >= 0.3 is 11.9 Å². The van der Waals surface area contributed by atoms with Crippen LogP contribution < -0.4 is 0 Å². The molecule has 2 atom stereocenters. The second kappa shape index (κ2) is 30.0. The van der Waals surface area contributed by atoms with Crippen LogP contribution in [0.25, 0.3) is 0 Å². The summed E-state index contributed by atoms with van der Waals surface area (Å²) in [6.45, 7) is 13.6. The van der Waals surface area contributed by atoms with Gasteiger partial charge in [0.2, 0.25) is 0 Å². The molecule has 0 bridgehead atoms. The van der Waals surface area contributed by atoms with Gasteiger partial charge in [-0.15, -0.1) is 0 Å². The SMILES string of the molecule is CCCCC(CCCCCCCCCCC(C)C)OC(=O)c1ccc(C(=O)OC(CCCC)CCCCCCCCCCC(C)C)cc1. The van der Waals surface area contributed by atoms with E-state index >= 15 is 0 Å². The lowest BCUT2D eigenvalue weighted by atomic mass is 10.0. The van der Waals surface area contributed by atoms with Gasteiger partial charge in [0.05, 0.1) is 11.1 Å². The van der Waals surface area contributed by atoms with Crippen LogP contribution >= 0.6 is 0 Å². The molecular weight excluding hydrogens is 592 g/mol. The quantitative estimate of drug-likeness (QED) is 0.0565. The van der Waals surface area contributed by atoms with E-state index in [2.05, 4.69) is 41.5 Å². The smallest absolute Gasteiger partial charge is 0.338 e. The zero-order valence-corrected chi connectivity index (χ0v) is 32.6. The minimum Gasteiger partial charge on any atom is -0.459 e. The monoisotopic (exact) mass is 671 g/mol. The lowest BCUT2D eigenvalue weighted by molar-refractivity contribution is 0.0235. The average molecular weight is 671 g/mol. The molecule has 0 spiro atoms. The van der Waals surface area contributed by atoms with E-state index in [1.807, 2.05) is 0 Å². The van der Waals surface area contributed by atoms with Gasteiger partial charge in [0.15, 0.2) is 0 Å². The van der Waals surface area contributed by atoms with Crippen molar-refractivity contribution in [1.29, 1.82) is 0 Å². The Morgan fingerprint density at radius 3 is 0.938 bits per heavy atom. The standard InChI is InChI=1S/C44H78O4/c1-7-9-29-41(31-25-21-17-13-11-15-19-23-27-37(3)4)47-43(45)39-33-35-40(36-34-39)44(46)48-42(30-10-8-2)32-26-22-18-14-12-16-20-24-28-38(5)6/h33-38,41-42H,7-32H2,1-6H3. The van der Waals surface area contributed by atoms with Crippen LogP contribution in [0.3, 0.4) is 0 Å². The number of unbranched alkanes of at least 4 members (excludes halogenated alkanes) is 16. The maximum Gasteiger partial charge on any atom is 0.338 e. The van der Waals surface area contributed by atoms with Gasteiger partial charge in [0.25, 0.3) is 0 Å². The molecule has 4 heteroatoms. The van der Waals surface area contributed by atoms with Crippen molar-refractivity contribution in [3.8, 4) is 0 Å². The summed E-state index contributed by atoms with van der Waals surface area (Å²) >= 11 is 0. The third kappa shape index (κ3) is 24.3. The Morgan fingerprint density at radius 1 is 0.417 bits per heavy atom. The van der Waals surface area contributed by atoms with Crippen LogP contribution in [-0.4, -0.2) is 24.1 Å². The van der Waals surface area contributed by atoms with Crippen molar-refractivity contribution in [2.45, 2.75) is 221 Å². The van der Waals surface area contributed by atoms with Gasteiger partial charge in [0, 0.05) is 0 Å². The Kier molecular flexibility index (Phi) is 27.6. The summed E-state index contributed by atoms with van der Waals surface area (Å²) in [7, 11) is 0. The molecule has 0 aliphatic carbocycles. The summed E-state index contributed by atoms with van der Waals surface area (Å²) < 4.78 is 12.0. The molecule has 0 aliphatic heterocycles. The highest BCUT2D eigenvalue weighted by Gasteiger charge is 2.19. The van der Waals surface area contributed by atoms with Gasteiger partial charge in [-0.1, -0.05) is 170 Å². The highest BCUT2D eigenvalue weighted by atomic mass is 16.5. The number of ether oxygens (including phenoxy) is 2. The van der Waals surface area contributed by atoms with E-state index in [0.29, 0.717) is 11.1 Å².